The number of hydrogen-bond acceptors (Lipinski definition) is 8. The quantitative estimate of drug-likeness (QED) is 0.825. The number of rotatable bonds is 6. The molecule has 1 amide bonds. The Morgan fingerprint density at radius 3 is 2.96 bits per heavy atom. The molecular formula is C17H24N6O2S. The van der Waals surface area contributed by atoms with Crippen molar-refractivity contribution in [2.45, 2.75) is 39.0 Å². The summed E-state index contributed by atoms with van der Waals surface area (Å²) in [6.45, 7) is 5.31. The second kappa shape index (κ2) is 7.96. The van der Waals surface area contributed by atoms with Gasteiger partial charge in [0.15, 0.2) is 5.13 Å². The van der Waals surface area contributed by atoms with E-state index in [0.717, 1.165) is 30.2 Å². The van der Waals surface area contributed by atoms with Crippen molar-refractivity contribution in [3.8, 4) is 5.88 Å². The number of thiazole rings is 1. The summed E-state index contributed by atoms with van der Waals surface area (Å²) in [5, 5.41) is 3.37. The third-order valence-electron chi connectivity index (χ3n) is 4.23. The molecule has 0 spiro atoms. The van der Waals surface area contributed by atoms with Crippen LogP contribution in [-0.4, -0.2) is 58.5 Å². The van der Waals surface area contributed by atoms with E-state index in [0.29, 0.717) is 17.1 Å². The summed E-state index contributed by atoms with van der Waals surface area (Å²) in [6.07, 6.45) is 4.39. The summed E-state index contributed by atoms with van der Waals surface area (Å²) in [5.41, 5.74) is 0. The van der Waals surface area contributed by atoms with Crippen LogP contribution in [-0.2, 0) is 11.3 Å². The molecule has 2 aromatic rings. The van der Waals surface area contributed by atoms with Gasteiger partial charge in [0.05, 0.1) is 0 Å². The summed E-state index contributed by atoms with van der Waals surface area (Å²) in [4.78, 5) is 29.2. The van der Waals surface area contributed by atoms with Gasteiger partial charge in [-0.1, -0.05) is 0 Å². The van der Waals surface area contributed by atoms with Gasteiger partial charge >= 0.3 is 0 Å². The second-order valence-corrected chi connectivity index (χ2v) is 7.79. The number of anilines is 2. The van der Waals surface area contributed by atoms with E-state index in [1.807, 2.05) is 31.3 Å². The van der Waals surface area contributed by atoms with Crippen LogP contribution in [0.4, 0.5) is 10.9 Å². The second-order valence-electron chi connectivity index (χ2n) is 6.68. The van der Waals surface area contributed by atoms with Gasteiger partial charge in [0.25, 0.3) is 0 Å². The molecule has 1 saturated heterocycles. The average Bonchev–Trinajstić information content (AvgIpc) is 3.14. The van der Waals surface area contributed by atoms with Crippen molar-refractivity contribution < 1.29 is 9.53 Å². The molecule has 1 aliphatic rings. The van der Waals surface area contributed by atoms with Crippen LogP contribution < -0.4 is 15.0 Å². The molecule has 1 N–H and O–H groups in total. The lowest BCUT2D eigenvalue weighted by Gasteiger charge is -2.19. The number of ether oxygens (including phenoxy) is 1. The molecule has 3 rings (SSSR count). The molecule has 0 aliphatic carbocycles. The van der Waals surface area contributed by atoms with Crippen LogP contribution in [0.1, 0.15) is 25.1 Å². The summed E-state index contributed by atoms with van der Waals surface area (Å²) in [5.74, 6) is 1.33. The summed E-state index contributed by atoms with van der Waals surface area (Å²) in [6, 6.07) is 2.26. The van der Waals surface area contributed by atoms with Gasteiger partial charge in [0.2, 0.25) is 11.8 Å². The van der Waals surface area contributed by atoms with Crippen molar-refractivity contribution in [2.75, 3.05) is 30.9 Å². The van der Waals surface area contributed by atoms with Crippen LogP contribution in [0.15, 0.2) is 18.6 Å². The van der Waals surface area contributed by atoms with Crippen molar-refractivity contribution in [3.05, 3.63) is 23.5 Å². The first-order valence-electron chi connectivity index (χ1n) is 8.53. The topological polar surface area (TPSA) is 83.5 Å². The fraction of sp³-hybridized carbons (Fsp3) is 0.529. The number of aromatic nitrogens is 3. The normalized spacial score (nSPS) is 20.2. The Hall–Kier alpha value is -2.26. The fourth-order valence-electron chi connectivity index (χ4n) is 2.95. The Bertz CT molecular complexity index is 765. The predicted octanol–water partition coefficient (Wildman–Crippen LogP) is 2.00. The van der Waals surface area contributed by atoms with E-state index < -0.39 is 0 Å². The van der Waals surface area contributed by atoms with Crippen LogP contribution >= 0.6 is 11.3 Å². The summed E-state index contributed by atoms with van der Waals surface area (Å²) < 4.78 is 6.07. The maximum atomic E-state index is 11.1. The first-order valence-corrected chi connectivity index (χ1v) is 9.34. The molecule has 0 radical (unpaired) electrons. The lowest BCUT2D eigenvalue weighted by molar-refractivity contribution is -0.114. The minimum atomic E-state index is -0.101. The SMILES string of the molecule is CC(=O)Nc1ncc(CN2C[C@H](Oc3cc(N(C)C)ncn3)C[C@@H]2C)s1. The van der Waals surface area contributed by atoms with Crippen molar-refractivity contribution >= 4 is 28.2 Å². The molecule has 8 nitrogen and oxygen atoms in total. The zero-order valence-corrected chi connectivity index (χ0v) is 16.3. The molecule has 0 aromatic carbocycles. The van der Waals surface area contributed by atoms with Crippen molar-refractivity contribution in [2.24, 2.45) is 0 Å². The molecular weight excluding hydrogens is 352 g/mol. The number of carbonyl (C=O) groups is 1. The van der Waals surface area contributed by atoms with Crippen LogP contribution in [0.2, 0.25) is 0 Å². The number of nitrogens with zero attached hydrogens (tertiary/aromatic N) is 5. The first-order chi connectivity index (χ1) is 12.4. The minimum absolute atomic E-state index is 0.0950. The van der Waals surface area contributed by atoms with Gasteiger partial charge in [-0.05, 0) is 6.92 Å². The molecule has 9 heteroatoms. The number of nitrogens with one attached hydrogen (secondary N) is 1. The van der Waals surface area contributed by atoms with E-state index in [1.54, 1.807) is 0 Å². The number of hydrogen-bond donors (Lipinski definition) is 1. The first kappa shape index (κ1) is 18.5. The van der Waals surface area contributed by atoms with Gasteiger partial charge < -0.3 is 15.0 Å². The molecule has 0 unspecified atom stereocenters. The van der Waals surface area contributed by atoms with Gasteiger partial charge in [-0.2, -0.15) is 0 Å². The lowest BCUT2D eigenvalue weighted by Crippen LogP contribution is -2.27. The number of amides is 1. The largest absolute Gasteiger partial charge is 0.473 e. The Balaban J connectivity index is 1.58. The molecule has 2 atom stereocenters. The standard InChI is InChI=1S/C17H24N6O2S/c1-11-5-13(25-16-6-15(22(3)4)19-10-20-16)8-23(11)9-14-7-18-17(26-14)21-12(2)24/h6-7,10-11,13H,5,8-9H2,1-4H3,(H,18,21,24)/t11-,13+/m0/s1. The highest BCUT2D eigenvalue weighted by molar-refractivity contribution is 7.15. The smallest absolute Gasteiger partial charge is 0.223 e. The fourth-order valence-corrected chi connectivity index (χ4v) is 3.83. The van der Waals surface area contributed by atoms with Crippen LogP contribution in [0, 0.1) is 0 Å². The summed E-state index contributed by atoms with van der Waals surface area (Å²) >= 11 is 1.51. The average molecular weight is 376 g/mol. The Morgan fingerprint density at radius 2 is 2.23 bits per heavy atom. The van der Waals surface area contributed by atoms with Gasteiger partial charge in [-0.3, -0.25) is 9.69 Å². The van der Waals surface area contributed by atoms with Crippen LogP contribution in [0.25, 0.3) is 0 Å². The van der Waals surface area contributed by atoms with E-state index >= 15 is 0 Å². The third kappa shape index (κ3) is 4.67. The van der Waals surface area contributed by atoms with Crippen molar-refractivity contribution in [1.29, 1.82) is 0 Å². The maximum Gasteiger partial charge on any atom is 0.223 e. The third-order valence-corrected chi connectivity index (χ3v) is 5.13. The maximum absolute atomic E-state index is 11.1. The monoisotopic (exact) mass is 376 g/mol. The minimum Gasteiger partial charge on any atom is -0.473 e. The molecule has 26 heavy (non-hydrogen) atoms. The van der Waals surface area contributed by atoms with Crippen molar-refractivity contribution in [1.82, 2.24) is 19.9 Å². The highest BCUT2D eigenvalue weighted by Crippen LogP contribution is 2.27. The van der Waals surface area contributed by atoms with E-state index in [2.05, 4.69) is 32.1 Å². The van der Waals surface area contributed by atoms with Crippen LogP contribution in [0.3, 0.4) is 0 Å². The van der Waals surface area contributed by atoms with Gasteiger partial charge in [0.1, 0.15) is 18.2 Å². The Labute approximate surface area is 157 Å². The highest BCUT2D eigenvalue weighted by atomic mass is 32.1. The predicted molar refractivity (Wildman–Crippen MR) is 102 cm³/mol. The van der Waals surface area contributed by atoms with E-state index in [-0.39, 0.29) is 12.0 Å². The molecule has 2 aromatic heterocycles. The number of carbonyl (C=O) groups excluding carboxylic acids is 1. The zero-order valence-electron chi connectivity index (χ0n) is 15.5. The van der Waals surface area contributed by atoms with Crippen LogP contribution in [0.5, 0.6) is 5.88 Å². The van der Waals surface area contributed by atoms with E-state index in [9.17, 15) is 4.79 Å². The Kier molecular flexibility index (Phi) is 5.67. The van der Waals surface area contributed by atoms with E-state index in [1.165, 1.54) is 24.6 Å². The molecule has 0 saturated carbocycles. The molecule has 3 heterocycles. The molecule has 1 fully saturated rings. The lowest BCUT2D eigenvalue weighted by atomic mass is 10.2. The van der Waals surface area contributed by atoms with Gasteiger partial charge in [-0.25, -0.2) is 15.0 Å². The summed E-state index contributed by atoms with van der Waals surface area (Å²) in [7, 11) is 3.88. The van der Waals surface area contributed by atoms with E-state index in [4.69, 9.17) is 4.74 Å². The zero-order chi connectivity index (χ0) is 18.7. The number of likely N-dealkylation sites (tertiary alicyclic amines) is 1. The molecule has 1 aliphatic heterocycles. The highest BCUT2D eigenvalue weighted by Gasteiger charge is 2.31. The van der Waals surface area contributed by atoms with Crippen molar-refractivity contribution in [3.63, 3.8) is 0 Å². The Morgan fingerprint density at radius 1 is 1.42 bits per heavy atom. The molecule has 0 bridgehead atoms. The van der Waals surface area contributed by atoms with Gasteiger partial charge in [-0.15, -0.1) is 11.3 Å². The van der Waals surface area contributed by atoms with Gasteiger partial charge in [0, 0.05) is 63.7 Å². The molecule has 140 valence electrons.